The monoisotopic (exact) mass is 382 g/mol. The molecule has 0 atom stereocenters. The standard InChI is InChI=1S/C17H22N2O4S2/c1-10(2)4-5-11-6-14(24-9-11)17-18-16-13(23-3)7-12(20)8-15(16)25(21,22)19-17/h6-10,20-22H,4-5H2,1-3H3,(H,18,19). The molecule has 2 aromatic rings. The van der Waals surface area contributed by atoms with Gasteiger partial charge in [0.1, 0.15) is 22.1 Å². The molecule has 1 aliphatic heterocycles. The number of fused-ring (bicyclic) bond motifs is 1. The third-order valence-corrected chi connectivity index (χ3v) is 6.26. The van der Waals surface area contributed by atoms with Crippen LogP contribution in [0.3, 0.4) is 0 Å². The Balaban J connectivity index is 1.94. The zero-order valence-electron chi connectivity index (χ0n) is 14.3. The van der Waals surface area contributed by atoms with E-state index in [2.05, 4.69) is 28.9 Å². The highest BCUT2D eigenvalue weighted by Gasteiger charge is 2.30. The number of phenolic OH excluding ortho intramolecular Hbond substituents is 1. The summed E-state index contributed by atoms with van der Waals surface area (Å²) in [4.78, 5) is 0.962. The largest absolute Gasteiger partial charge is 0.508 e. The van der Waals surface area contributed by atoms with E-state index in [1.807, 2.05) is 6.07 Å². The fraction of sp³-hybridized carbons (Fsp3) is 0.353. The highest BCUT2D eigenvalue weighted by Crippen LogP contribution is 2.58. The van der Waals surface area contributed by atoms with Gasteiger partial charge in [-0.3, -0.25) is 9.11 Å². The van der Waals surface area contributed by atoms with Crippen molar-refractivity contribution in [3.63, 3.8) is 0 Å². The predicted octanol–water partition coefficient (Wildman–Crippen LogP) is 4.95. The number of anilines is 1. The number of amidine groups is 1. The van der Waals surface area contributed by atoms with Gasteiger partial charge in [-0.2, -0.15) is 0 Å². The first-order valence-corrected chi connectivity index (χ1v) is 10.3. The van der Waals surface area contributed by atoms with Crippen LogP contribution in [0.15, 0.2) is 32.9 Å². The molecule has 1 aliphatic rings. The van der Waals surface area contributed by atoms with Gasteiger partial charge in [-0.25, -0.2) is 0 Å². The quantitative estimate of drug-likeness (QED) is 0.549. The number of aryl methyl sites for hydroxylation is 1. The van der Waals surface area contributed by atoms with Gasteiger partial charge in [0.25, 0.3) is 0 Å². The molecule has 1 aromatic heterocycles. The Morgan fingerprint density at radius 3 is 2.72 bits per heavy atom. The molecule has 25 heavy (non-hydrogen) atoms. The maximum absolute atomic E-state index is 10.4. The molecule has 8 heteroatoms. The zero-order valence-corrected chi connectivity index (χ0v) is 15.9. The second-order valence-electron chi connectivity index (χ2n) is 6.36. The molecule has 3 rings (SSSR count). The molecular weight excluding hydrogens is 360 g/mol. The summed E-state index contributed by atoms with van der Waals surface area (Å²) in [6, 6.07) is 4.74. The van der Waals surface area contributed by atoms with Crippen LogP contribution in [-0.4, -0.2) is 27.2 Å². The second kappa shape index (κ2) is 6.87. The van der Waals surface area contributed by atoms with Crippen LogP contribution in [0.5, 0.6) is 11.5 Å². The summed E-state index contributed by atoms with van der Waals surface area (Å²) in [7, 11) is -1.96. The fourth-order valence-corrected chi connectivity index (χ4v) is 4.74. The van der Waals surface area contributed by atoms with Crippen molar-refractivity contribution >= 4 is 33.6 Å². The van der Waals surface area contributed by atoms with E-state index in [1.54, 1.807) is 0 Å². The van der Waals surface area contributed by atoms with Crippen molar-refractivity contribution in [2.24, 2.45) is 10.3 Å². The molecule has 0 saturated carbocycles. The minimum absolute atomic E-state index is 0.108. The first-order valence-electron chi connectivity index (χ1n) is 7.94. The van der Waals surface area contributed by atoms with Crippen molar-refractivity contribution in [1.82, 2.24) is 0 Å². The molecule has 1 aromatic carbocycles. The molecule has 0 aliphatic carbocycles. The molecule has 0 spiro atoms. The molecule has 0 radical (unpaired) electrons. The van der Waals surface area contributed by atoms with Gasteiger partial charge >= 0.3 is 0 Å². The van der Waals surface area contributed by atoms with E-state index < -0.39 is 10.8 Å². The van der Waals surface area contributed by atoms with E-state index in [1.165, 1.54) is 36.1 Å². The summed E-state index contributed by atoms with van der Waals surface area (Å²) < 4.78 is 30.2. The maximum Gasteiger partial charge on any atom is 0.168 e. The summed E-state index contributed by atoms with van der Waals surface area (Å²) in [5.74, 6) is 1.25. The second-order valence-corrected chi connectivity index (χ2v) is 8.93. The number of thiophene rings is 1. The van der Waals surface area contributed by atoms with E-state index >= 15 is 0 Å². The summed E-state index contributed by atoms with van der Waals surface area (Å²) in [6.45, 7) is 4.38. The number of phenols is 1. The lowest BCUT2D eigenvalue weighted by molar-refractivity contribution is 0.406. The van der Waals surface area contributed by atoms with Gasteiger partial charge in [-0.05, 0) is 35.8 Å². The average molecular weight is 383 g/mol. The molecule has 6 nitrogen and oxygen atoms in total. The van der Waals surface area contributed by atoms with Crippen LogP contribution < -0.4 is 10.1 Å². The van der Waals surface area contributed by atoms with Crippen LogP contribution in [-0.2, 0) is 6.42 Å². The van der Waals surface area contributed by atoms with E-state index in [4.69, 9.17) is 4.74 Å². The number of hydrogen-bond donors (Lipinski definition) is 4. The summed E-state index contributed by atoms with van der Waals surface area (Å²) in [5, 5.41) is 14.9. The van der Waals surface area contributed by atoms with E-state index in [-0.39, 0.29) is 10.6 Å². The fourth-order valence-electron chi connectivity index (χ4n) is 2.59. The number of aromatic hydroxyl groups is 1. The molecule has 0 amide bonds. The topological polar surface area (TPSA) is 94.3 Å². The number of methoxy groups -OCH3 is 1. The van der Waals surface area contributed by atoms with E-state index in [0.29, 0.717) is 23.2 Å². The minimum Gasteiger partial charge on any atom is -0.508 e. The number of nitrogens with one attached hydrogen (secondary N) is 1. The highest BCUT2D eigenvalue weighted by atomic mass is 32.3. The highest BCUT2D eigenvalue weighted by molar-refractivity contribution is 8.23. The van der Waals surface area contributed by atoms with Crippen molar-refractivity contribution in [1.29, 1.82) is 0 Å². The molecule has 0 saturated heterocycles. The zero-order chi connectivity index (χ0) is 18.2. The lowest BCUT2D eigenvalue weighted by Crippen LogP contribution is -2.20. The normalized spacial score (nSPS) is 16.8. The van der Waals surface area contributed by atoms with E-state index in [9.17, 15) is 14.2 Å². The number of nitrogens with zero attached hydrogens (tertiary/aromatic N) is 1. The van der Waals surface area contributed by atoms with Gasteiger partial charge in [0.2, 0.25) is 0 Å². The molecule has 2 heterocycles. The van der Waals surface area contributed by atoms with Crippen molar-refractivity contribution in [2.45, 2.75) is 31.6 Å². The van der Waals surface area contributed by atoms with Crippen molar-refractivity contribution < 1.29 is 18.9 Å². The maximum atomic E-state index is 10.4. The Morgan fingerprint density at radius 2 is 2.04 bits per heavy atom. The van der Waals surface area contributed by atoms with Crippen molar-refractivity contribution in [3.8, 4) is 11.5 Å². The van der Waals surface area contributed by atoms with Crippen molar-refractivity contribution in [3.05, 3.63) is 34.0 Å². The molecule has 0 bridgehead atoms. The molecule has 4 N–H and O–H groups in total. The van der Waals surface area contributed by atoms with Crippen LogP contribution in [0.2, 0.25) is 0 Å². The number of rotatable bonds is 5. The Morgan fingerprint density at radius 1 is 1.28 bits per heavy atom. The number of hydrogen-bond acceptors (Lipinski definition) is 7. The number of ether oxygens (including phenoxy) is 1. The van der Waals surface area contributed by atoms with Gasteiger partial charge in [-0.15, -0.1) is 15.7 Å². The molecule has 0 unspecified atom stereocenters. The SMILES string of the molecule is COc1cc(O)cc2c1NC(c1cc(CCC(C)C)cs1)=NS2(O)O. The van der Waals surface area contributed by atoms with Crippen LogP contribution in [0.4, 0.5) is 5.69 Å². The summed E-state index contributed by atoms with van der Waals surface area (Å²) in [6.07, 6.45) is 2.08. The van der Waals surface area contributed by atoms with Gasteiger partial charge < -0.3 is 15.2 Å². The van der Waals surface area contributed by atoms with Gasteiger partial charge in [-0.1, -0.05) is 24.6 Å². The smallest absolute Gasteiger partial charge is 0.168 e. The lowest BCUT2D eigenvalue weighted by Gasteiger charge is -2.34. The Bertz CT molecular complexity index is 815. The summed E-state index contributed by atoms with van der Waals surface area (Å²) in [5.41, 5.74) is 1.63. The lowest BCUT2D eigenvalue weighted by atomic mass is 10.0. The van der Waals surface area contributed by atoms with Gasteiger partial charge in [0.15, 0.2) is 5.84 Å². The summed E-state index contributed by atoms with van der Waals surface area (Å²) >= 11 is 1.51. The molecule has 136 valence electrons. The van der Waals surface area contributed by atoms with E-state index in [0.717, 1.165) is 17.7 Å². The van der Waals surface area contributed by atoms with Crippen molar-refractivity contribution in [2.75, 3.05) is 12.4 Å². The van der Waals surface area contributed by atoms with Crippen LogP contribution in [0.25, 0.3) is 0 Å². The predicted molar refractivity (Wildman–Crippen MR) is 103 cm³/mol. The van der Waals surface area contributed by atoms with Gasteiger partial charge in [0.05, 0.1) is 12.0 Å². The van der Waals surface area contributed by atoms with Gasteiger partial charge in [0, 0.05) is 12.1 Å². The third kappa shape index (κ3) is 3.77. The molecule has 0 fully saturated rings. The first kappa shape index (κ1) is 18.1. The average Bonchev–Trinajstić information content (AvgIpc) is 3.01. The Labute approximate surface area is 152 Å². The first-order chi connectivity index (χ1) is 11.8. The Hall–Kier alpha value is -1.74. The van der Waals surface area contributed by atoms with Crippen LogP contribution >= 0.6 is 22.1 Å². The minimum atomic E-state index is -3.42. The number of benzene rings is 1. The molecular formula is C17H22N2O4S2. The van der Waals surface area contributed by atoms with Crippen LogP contribution in [0.1, 0.15) is 30.7 Å². The third-order valence-electron chi connectivity index (χ3n) is 3.93. The van der Waals surface area contributed by atoms with Crippen LogP contribution in [0, 0.1) is 5.92 Å². The Kier molecular flexibility index (Phi) is 4.97.